The maximum Gasteiger partial charge on any atom is 0.238 e. The van der Waals surface area contributed by atoms with E-state index in [2.05, 4.69) is 48.4 Å². The predicted molar refractivity (Wildman–Crippen MR) is 100 cm³/mol. The van der Waals surface area contributed by atoms with Gasteiger partial charge in [0.05, 0.1) is 6.54 Å². The number of benzene rings is 1. The molecule has 0 radical (unpaired) electrons. The second-order valence-electron chi connectivity index (χ2n) is 7.50. The normalized spacial score (nSPS) is 21.6. The molecular formula is C19H32N4O. The van der Waals surface area contributed by atoms with Crippen LogP contribution in [0.1, 0.15) is 26.3 Å². The third-order valence-corrected chi connectivity index (χ3v) is 4.61. The van der Waals surface area contributed by atoms with E-state index in [1.54, 1.807) is 0 Å². The number of nitrogens with zero attached hydrogens (tertiary/aromatic N) is 2. The lowest BCUT2D eigenvalue weighted by Crippen LogP contribution is -2.36. The first-order valence-electron chi connectivity index (χ1n) is 8.86. The number of amides is 1. The molecule has 0 aromatic heterocycles. The fourth-order valence-corrected chi connectivity index (χ4v) is 3.19. The summed E-state index contributed by atoms with van der Waals surface area (Å²) >= 11 is 0. The lowest BCUT2D eigenvalue weighted by Gasteiger charge is -2.20. The van der Waals surface area contributed by atoms with Gasteiger partial charge in [-0.25, -0.2) is 0 Å². The average molecular weight is 332 g/mol. The molecule has 1 aromatic rings. The molecule has 5 heteroatoms. The van der Waals surface area contributed by atoms with Gasteiger partial charge in [-0.15, -0.1) is 0 Å². The molecule has 1 aliphatic rings. The van der Waals surface area contributed by atoms with E-state index in [-0.39, 0.29) is 5.91 Å². The number of hydrogen-bond acceptors (Lipinski definition) is 4. The van der Waals surface area contributed by atoms with Crippen molar-refractivity contribution >= 4 is 11.6 Å². The minimum absolute atomic E-state index is 0.0158. The van der Waals surface area contributed by atoms with Gasteiger partial charge in [-0.3, -0.25) is 9.69 Å². The van der Waals surface area contributed by atoms with Crippen LogP contribution in [-0.4, -0.2) is 61.5 Å². The summed E-state index contributed by atoms with van der Waals surface area (Å²) in [5.41, 5.74) is 2.07. The molecule has 0 saturated carbocycles. The minimum atomic E-state index is 0.0158. The summed E-state index contributed by atoms with van der Waals surface area (Å²) in [6.45, 7) is 10.3. The zero-order valence-electron chi connectivity index (χ0n) is 15.7. The molecule has 5 nitrogen and oxygen atoms in total. The van der Waals surface area contributed by atoms with Crippen LogP contribution in [-0.2, 0) is 11.3 Å². The predicted octanol–water partition coefficient (Wildman–Crippen LogP) is 2.00. The van der Waals surface area contributed by atoms with Crippen molar-refractivity contribution in [1.82, 2.24) is 15.1 Å². The molecule has 0 bridgehead atoms. The van der Waals surface area contributed by atoms with Gasteiger partial charge in [-0.05, 0) is 51.6 Å². The van der Waals surface area contributed by atoms with Crippen molar-refractivity contribution in [3.05, 3.63) is 29.8 Å². The van der Waals surface area contributed by atoms with Crippen molar-refractivity contribution in [3.8, 4) is 0 Å². The molecule has 0 spiro atoms. The van der Waals surface area contributed by atoms with Gasteiger partial charge in [0.15, 0.2) is 0 Å². The molecule has 1 amide bonds. The van der Waals surface area contributed by atoms with Crippen molar-refractivity contribution in [2.75, 3.05) is 39.0 Å². The van der Waals surface area contributed by atoms with Gasteiger partial charge in [0.1, 0.15) is 0 Å². The maximum absolute atomic E-state index is 11.9. The third-order valence-electron chi connectivity index (χ3n) is 4.61. The lowest BCUT2D eigenvalue weighted by molar-refractivity contribution is -0.116. The smallest absolute Gasteiger partial charge is 0.238 e. The van der Waals surface area contributed by atoms with Crippen LogP contribution in [0.5, 0.6) is 0 Å². The van der Waals surface area contributed by atoms with Gasteiger partial charge in [0, 0.05) is 37.4 Å². The Balaban J connectivity index is 1.87. The number of rotatable bonds is 7. The Morgan fingerprint density at radius 2 is 2.08 bits per heavy atom. The van der Waals surface area contributed by atoms with Crippen molar-refractivity contribution in [1.29, 1.82) is 0 Å². The molecule has 2 unspecified atom stereocenters. The van der Waals surface area contributed by atoms with Crippen molar-refractivity contribution < 1.29 is 4.79 Å². The Morgan fingerprint density at radius 3 is 2.71 bits per heavy atom. The summed E-state index contributed by atoms with van der Waals surface area (Å²) in [5.74, 6) is 0.678. The second-order valence-corrected chi connectivity index (χ2v) is 7.50. The van der Waals surface area contributed by atoms with Crippen LogP contribution in [0.15, 0.2) is 24.3 Å². The summed E-state index contributed by atoms with van der Waals surface area (Å²) in [6, 6.07) is 9.24. The molecule has 2 atom stereocenters. The summed E-state index contributed by atoms with van der Waals surface area (Å²) in [4.78, 5) is 16.3. The Labute approximate surface area is 146 Å². The molecule has 2 rings (SSSR count). The fraction of sp³-hybridized carbons (Fsp3) is 0.632. The highest BCUT2D eigenvalue weighted by Crippen LogP contribution is 2.19. The van der Waals surface area contributed by atoms with Gasteiger partial charge in [-0.2, -0.15) is 0 Å². The van der Waals surface area contributed by atoms with E-state index in [9.17, 15) is 4.79 Å². The van der Waals surface area contributed by atoms with Crippen LogP contribution in [0.4, 0.5) is 5.69 Å². The first kappa shape index (κ1) is 18.9. The van der Waals surface area contributed by atoms with Gasteiger partial charge in [0.25, 0.3) is 0 Å². The highest BCUT2D eigenvalue weighted by atomic mass is 16.2. The molecule has 1 aromatic carbocycles. The number of anilines is 1. The fourth-order valence-electron chi connectivity index (χ4n) is 3.19. The van der Waals surface area contributed by atoms with E-state index < -0.39 is 0 Å². The second kappa shape index (κ2) is 8.60. The Morgan fingerprint density at radius 1 is 1.33 bits per heavy atom. The summed E-state index contributed by atoms with van der Waals surface area (Å²) in [5, 5.41) is 6.64. The molecule has 1 saturated heterocycles. The van der Waals surface area contributed by atoms with Gasteiger partial charge in [-0.1, -0.05) is 19.1 Å². The van der Waals surface area contributed by atoms with Crippen molar-refractivity contribution in [2.24, 2.45) is 5.92 Å². The topological polar surface area (TPSA) is 47.6 Å². The van der Waals surface area contributed by atoms with Crippen molar-refractivity contribution in [3.63, 3.8) is 0 Å². The van der Waals surface area contributed by atoms with Crippen molar-refractivity contribution in [2.45, 2.75) is 39.4 Å². The number of carbonyl (C=O) groups excluding carboxylic acids is 1. The average Bonchev–Trinajstić information content (AvgIpc) is 2.86. The Hall–Kier alpha value is -1.43. The molecule has 1 heterocycles. The van der Waals surface area contributed by atoms with Crippen LogP contribution < -0.4 is 10.6 Å². The summed E-state index contributed by atoms with van der Waals surface area (Å²) in [6.07, 6.45) is 0. The van der Waals surface area contributed by atoms with E-state index in [0.29, 0.717) is 24.5 Å². The zero-order valence-corrected chi connectivity index (χ0v) is 15.7. The van der Waals surface area contributed by atoms with Crippen LogP contribution in [0.2, 0.25) is 0 Å². The number of likely N-dealkylation sites (tertiary alicyclic amines) is 1. The summed E-state index contributed by atoms with van der Waals surface area (Å²) in [7, 11) is 3.78. The quantitative estimate of drug-likeness (QED) is 0.802. The SMILES string of the molecule is CC1CN(C(C)C)CC1NCc1cccc(NC(=O)CN(C)C)c1. The van der Waals surface area contributed by atoms with Gasteiger partial charge < -0.3 is 15.5 Å². The highest BCUT2D eigenvalue weighted by Gasteiger charge is 2.30. The van der Waals surface area contributed by atoms with E-state index in [0.717, 1.165) is 25.3 Å². The first-order chi connectivity index (χ1) is 11.3. The third kappa shape index (κ3) is 5.58. The standard InChI is InChI=1S/C19H32N4O/c1-14(2)23-11-15(3)18(12-23)20-10-16-7-6-8-17(9-16)21-19(24)13-22(4)5/h6-9,14-15,18,20H,10-13H2,1-5H3,(H,21,24). The van der Waals surface area contributed by atoms with E-state index in [1.165, 1.54) is 5.56 Å². The molecule has 0 aliphatic carbocycles. The number of nitrogens with one attached hydrogen (secondary N) is 2. The van der Waals surface area contributed by atoms with Crippen LogP contribution >= 0.6 is 0 Å². The first-order valence-corrected chi connectivity index (χ1v) is 8.86. The van der Waals surface area contributed by atoms with E-state index in [4.69, 9.17) is 0 Å². The Bertz CT molecular complexity index is 544. The highest BCUT2D eigenvalue weighted by molar-refractivity contribution is 5.92. The van der Waals surface area contributed by atoms with Crippen LogP contribution in [0.25, 0.3) is 0 Å². The lowest BCUT2D eigenvalue weighted by atomic mass is 10.1. The monoisotopic (exact) mass is 332 g/mol. The molecule has 2 N–H and O–H groups in total. The minimum Gasteiger partial charge on any atom is -0.325 e. The van der Waals surface area contributed by atoms with E-state index >= 15 is 0 Å². The molecule has 1 aliphatic heterocycles. The maximum atomic E-state index is 11.9. The Kier molecular flexibility index (Phi) is 6.78. The van der Waals surface area contributed by atoms with E-state index in [1.807, 2.05) is 31.1 Å². The van der Waals surface area contributed by atoms with Crippen LogP contribution in [0.3, 0.4) is 0 Å². The zero-order chi connectivity index (χ0) is 17.7. The molecule has 134 valence electrons. The molecule has 24 heavy (non-hydrogen) atoms. The molecular weight excluding hydrogens is 300 g/mol. The summed E-state index contributed by atoms with van der Waals surface area (Å²) < 4.78 is 0. The number of carbonyl (C=O) groups is 1. The number of likely N-dealkylation sites (N-methyl/N-ethyl adjacent to an activating group) is 1. The molecule has 1 fully saturated rings. The van der Waals surface area contributed by atoms with Gasteiger partial charge >= 0.3 is 0 Å². The largest absolute Gasteiger partial charge is 0.325 e. The van der Waals surface area contributed by atoms with Gasteiger partial charge in [0.2, 0.25) is 5.91 Å². The van der Waals surface area contributed by atoms with Crippen LogP contribution in [0, 0.1) is 5.92 Å². The number of hydrogen-bond donors (Lipinski definition) is 2.